The van der Waals surface area contributed by atoms with Gasteiger partial charge in [0.2, 0.25) is 0 Å². The van der Waals surface area contributed by atoms with Crippen molar-refractivity contribution in [2.75, 3.05) is 6.54 Å². The van der Waals surface area contributed by atoms with E-state index in [-0.39, 0.29) is 5.56 Å². The number of hydrogen-bond acceptors (Lipinski definition) is 5. The molecule has 88 valence electrons. The summed E-state index contributed by atoms with van der Waals surface area (Å²) in [6, 6.07) is 2.82. The van der Waals surface area contributed by atoms with E-state index >= 15 is 0 Å². The fourth-order valence-electron chi connectivity index (χ4n) is 2.15. The van der Waals surface area contributed by atoms with Crippen LogP contribution in [0, 0.1) is 0 Å². The van der Waals surface area contributed by atoms with Crippen LogP contribution in [-0.4, -0.2) is 37.8 Å². The van der Waals surface area contributed by atoms with Crippen LogP contribution in [0.25, 0.3) is 0 Å². The highest BCUT2D eigenvalue weighted by Crippen LogP contribution is 2.33. The SMILES string of the molecule is O=c1[nH]cccc1C1CCCN1C(O)(O)O. The van der Waals surface area contributed by atoms with E-state index in [0.29, 0.717) is 24.9 Å². The van der Waals surface area contributed by atoms with Gasteiger partial charge in [-0.15, -0.1) is 0 Å². The maximum Gasteiger partial charge on any atom is 0.346 e. The molecule has 1 aliphatic rings. The smallest absolute Gasteiger partial charge is 0.330 e. The molecule has 0 radical (unpaired) electrons. The summed E-state index contributed by atoms with van der Waals surface area (Å²) in [5, 5.41) is 27.5. The quantitative estimate of drug-likeness (QED) is 0.490. The number of aliphatic hydroxyl groups is 3. The minimum atomic E-state index is -2.87. The van der Waals surface area contributed by atoms with Crippen molar-refractivity contribution in [3.8, 4) is 0 Å². The molecule has 1 saturated heterocycles. The van der Waals surface area contributed by atoms with Gasteiger partial charge in [0.15, 0.2) is 0 Å². The van der Waals surface area contributed by atoms with Crippen LogP contribution in [0.4, 0.5) is 0 Å². The van der Waals surface area contributed by atoms with Crippen molar-refractivity contribution in [2.24, 2.45) is 0 Å². The van der Waals surface area contributed by atoms with Crippen molar-refractivity contribution in [3.63, 3.8) is 0 Å². The summed E-state index contributed by atoms with van der Waals surface area (Å²) >= 11 is 0. The Morgan fingerprint density at radius 3 is 2.81 bits per heavy atom. The molecule has 1 atom stereocenters. The maximum absolute atomic E-state index is 11.6. The van der Waals surface area contributed by atoms with Crippen LogP contribution in [0.2, 0.25) is 0 Å². The Balaban J connectivity index is 2.34. The van der Waals surface area contributed by atoms with Crippen LogP contribution < -0.4 is 5.56 Å². The van der Waals surface area contributed by atoms with Gasteiger partial charge in [-0.05, 0) is 18.9 Å². The van der Waals surface area contributed by atoms with Crippen LogP contribution in [0.15, 0.2) is 23.1 Å². The van der Waals surface area contributed by atoms with Crippen molar-refractivity contribution in [1.82, 2.24) is 9.88 Å². The highest BCUT2D eigenvalue weighted by molar-refractivity contribution is 5.15. The largest absolute Gasteiger partial charge is 0.346 e. The van der Waals surface area contributed by atoms with E-state index in [4.69, 9.17) is 15.3 Å². The second-order valence-electron chi connectivity index (χ2n) is 3.91. The van der Waals surface area contributed by atoms with Crippen molar-refractivity contribution in [1.29, 1.82) is 0 Å². The molecule has 0 amide bonds. The van der Waals surface area contributed by atoms with E-state index in [2.05, 4.69) is 4.98 Å². The van der Waals surface area contributed by atoms with E-state index in [9.17, 15) is 4.79 Å². The molecule has 1 aromatic rings. The maximum atomic E-state index is 11.6. The van der Waals surface area contributed by atoms with Gasteiger partial charge in [-0.25, -0.2) is 4.90 Å². The molecule has 2 heterocycles. The summed E-state index contributed by atoms with van der Waals surface area (Å²) in [5.41, 5.74) is 0.158. The molecule has 1 aromatic heterocycles. The minimum Gasteiger partial charge on any atom is -0.330 e. The Morgan fingerprint density at radius 2 is 2.19 bits per heavy atom. The molecule has 1 fully saturated rings. The van der Waals surface area contributed by atoms with E-state index in [1.54, 1.807) is 12.1 Å². The highest BCUT2D eigenvalue weighted by atomic mass is 16.7. The standard InChI is InChI=1S/C10H14N2O4/c13-9-7(3-1-5-11-9)8-4-2-6-12(8)10(14,15)16/h1,3,5,8,14-16H,2,4,6H2,(H,11,13). The number of aromatic amines is 1. The van der Waals surface area contributed by atoms with Gasteiger partial charge in [0.05, 0.1) is 0 Å². The number of nitrogens with zero attached hydrogens (tertiary/aromatic N) is 1. The number of H-pyrrole nitrogens is 1. The van der Waals surface area contributed by atoms with Crippen LogP contribution in [-0.2, 0) is 0 Å². The van der Waals surface area contributed by atoms with Crippen molar-refractivity contribution in [3.05, 3.63) is 34.2 Å². The highest BCUT2D eigenvalue weighted by Gasteiger charge is 2.40. The average molecular weight is 226 g/mol. The lowest BCUT2D eigenvalue weighted by molar-refractivity contribution is -0.397. The van der Waals surface area contributed by atoms with Crippen molar-refractivity contribution < 1.29 is 15.3 Å². The van der Waals surface area contributed by atoms with Gasteiger partial charge in [0.25, 0.3) is 5.56 Å². The molecule has 0 spiro atoms. The summed E-state index contributed by atoms with van der Waals surface area (Å²) in [5.74, 6) is 0. The first-order valence-corrected chi connectivity index (χ1v) is 5.11. The Labute approximate surface area is 91.8 Å². The normalized spacial score (nSPS) is 22.6. The molecule has 2 rings (SSSR count). The number of likely N-dealkylation sites (tertiary alicyclic amines) is 1. The topological polar surface area (TPSA) is 96.8 Å². The molecule has 1 aliphatic heterocycles. The fraction of sp³-hybridized carbons (Fsp3) is 0.500. The third-order valence-corrected chi connectivity index (χ3v) is 2.85. The number of aromatic nitrogens is 1. The molecule has 4 N–H and O–H groups in total. The first-order valence-electron chi connectivity index (χ1n) is 5.11. The Hall–Kier alpha value is -1.21. The van der Waals surface area contributed by atoms with E-state index in [1.165, 1.54) is 6.20 Å². The molecule has 0 saturated carbocycles. The lowest BCUT2D eigenvalue weighted by Crippen LogP contribution is -2.48. The zero-order chi connectivity index (χ0) is 11.8. The van der Waals surface area contributed by atoms with E-state index in [1.807, 2.05) is 0 Å². The second-order valence-corrected chi connectivity index (χ2v) is 3.91. The lowest BCUT2D eigenvalue weighted by Gasteiger charge is -2.31. The van der Waals surface area contributed by atoms with Crippen molar-refractivity contribution >= 4 is 0 Å². The predicted molar refractivity (Wildman–Crippen MR) is 55.1 cm³/mol. The Morgan fingerprint density at radius 1 is 1.44 bits per heavy atom. The van der Waals surface area contributed by atoms with Crippen LogP contribution in [0.1, 0.15) is 24.4 Å². The summed E-state index contributed by atoms with van der Waals surface area (Å²) in [6.45, 7) is 0.336. The molecule has 1 unspecified atom stereocenters. The minimum absolute atomic E-state index is 0.274. The first-order chi connectivity index (χ1) is 7.50. The van der Waals surface area contributed by atoms with Gasteiger partial charge in [-0.1, -0.05) is 6.07 Å². The van der Waals surface area contributed by atoms with E-state index in [0.717, 1.165) is 4.90 Å². The van der Waals surface area contributed by atoms with Crippen LogP contribution in [0.3, 0.4) is 0 Å². The molecule has 6 nitrogen and oxygen atoms in total. The summed E-state index contributed by atoms with van der Waals surface area (Å²) in [4.78, 5) is 15.2. The molecule has 6 heteroatoms. The number of pyridine rings is 1. The van der Waals surface area contributed by atoms with Gasteiger partial charge in [0.1, 0.15) is 0 Å². The molecular weight excluding hydrogens is 212 g/mol. The molecule has 0 bridgehead atoms. The van der Waals surface area contributed by atoms with Gasteiger partial charge in [-0.3, -0.25) is 4.79 Å². The fourth-order valence-corrected chi connectivity index (χ4v) is 2.15. The number of hydrogen-bond donors (Lipinski definition) is 4. The van der Waals surface area contributed by atoms with Crippen LogP contribution in [0.5, 0.6) is 0 Å². The Kier molecular flexibility index (Phi) is 2.81. The Bertz CT molecular complexity index is 423. The van der Waals surface area contributed by atoms with Gasteiger partial charge in [0, 0.05) is 24.3 Å². The molecule has 16 heavy (non-hydrogen) atoms. The van der Waals surface area contributed by atoms with Gasteiger partial charge in [-0.2, -0.15) is 0 Å². The number of rotatable bonds is 2. The monoisotopic (exact) mass is 226 g/mol. The summed E-state index contributed by atoms with van der Waals surface area (Å²) in [6.07, 6.45) is -0.0579. The zero-order valence-corrected chi connectivity index (χ0v) is 8.63. The predicted octanol–water partition coefficient (Wildman–Crippen LogP) is -0.900. The lowest BCUT2D eigenvalue weighted by atomic mass is 10.1. The third kappa shape index (κ3) is 2.00. The average Bonchev–Trinajstić information content (AvgIpc) is 2.66. The summed E-state index contributed by atoms with van der Waals surface area (Å²) in [7, 11) is 0. The second kappa shape index (κ2) is 3.99. The summed E-state index contributed by atoms with van der Waals surface area (Å²) < 4.78 is 0. The van der Waals surface area contributed by atoms with Crippen LogP contribution >= 0.6 is 0 Å². The molecule has 0 aromatic carbocycles. The first kappa shape index (κ1) is 11.3. The zero-order valence-electron chi connectivity index (χ0n) is 8.63. The van der Waals surface area contributed by atoms with E-state index < -0.39 is 12.1 Å². The van der Waals surface area contributed by atoms with Gasteiger partial charge < -0.3 is 20.3 Å². The number of nitrogens with one attached hydrogen (secondary N) is 1. The molecule has 0 aliphatic carbocycles. The van der Waals surface area contributed by atoms with Gasteiger partial charge >= 0.3 is 6.10 Å². The molecular formula is C10H14N2O4. The van der Waals surface area contributed by atoms with Crippen molar-refractivity contribution in [2.45, 2.75) is 25.0 Å². The third-order valence-electron chi connectivity index (χ3n) is 2.85.